The molecule has 7 nitrogen and oxygen atoms in total. The van der Waals surface area contributed by atoms with E-state index in [9.17, 15) is 15.0 Å². The van der Waals surface area contributed by atoms with Crippen molar-refractivity contribution in [1.29, 1.82) is 0 Å². The standard InChI is InChI=1S/C30H42N4O3/c35-29-28(32-13-12-27(32)30(36)37)31-25-10-3-4-11-26(25)34(29)24-17-21-8-5-9-22(18-24)33(21)23-15-19-6-1-2-7-20(14-19)16-23/h3-4,10-11,19-24,27,29,35H,1-2,5-9,12-18H2,(H,36,37). The molecular formula is C30H42N4O3. The number of aliphatic imine (C=N–C) groups is 1. The van der Waals surface area contributed by atoms with E-state index >= 15 is 0 Å². The Balaban J connectivity index is 1.15. The number of aliphatic hydroxyl groups is 1. The molecule has 1 aromatic carbocycles. The second-order valence-electron chi connectivity index (χ2n) is 12.8. The summed E-state index contributed by atoms with van der Waals surface area (Å²) in [4.78, 5) is 23.6. The first-order valence-electron chi connectivity index (χ1n) is 15.0. The number of anilines is 1. The number of carboxylic acids is 1. The average Bonchev–Trinajstić information content (AvgIpc) is 3.02. The molecule has 0 radical (unpaired) electrons. The predicted molar refractivity (Wildman–Crippen MR) is 144 cm³/mol. The summed E-state index contributed by atoms with van der Waals surface area (Å²) in [6.45, 7) is 0.635. The molecule has 200 valence electrons. The first kappa shape index (κ1) is 24.0. The van der Waals surface area contributed by atoms with Crippen molar-refractivity contribution in [2.75, 3.05) is 11.4 Å². The zero-order valence-corrected chi connectivity index (χ0v) is 21.9. The lowest BCUT2D eigenvalue weighted by molar-refractivity contribution is -0.145. The molecule has 6 atom stereocenters. The molecule has 37 heavy (non-hydrogen) atoms. The number of aliphatic carboxylic acids is 1. The van der Waals surface area contributed by atoms with Gasteiger partial charge < -0.3 is 20.0 Å². The SMILES string of the molecule is O=C(O)C1CCN1C1=Nc2ccccc2N(C2CC3CCCC(C2)N3C2CC3CCCCC(C3)C2)C1O. The van der Waals surface area contributed by atoms with Gasteiger partial charge >= 0.3 is 5.97 Å². The van der Waals surface area contributed by atoms with E-state index in [2.05, 4.69) is 15.9 Å². The normalized spacial score (nSPS) is 39.8. The van der Waals surface area contributed by atoms with Crippen molar-refractivity contribution in [3.63, 3.8) is 0 Å². The highest BCUT2D eigenvalue weighted by atomic mass is 16.4. The number of aliphatic hydroxyl groups excluding tert-OH is 1. The fraction of sp³-hybridized carbons (Fsp3) is 0.733. The van der Waals surface area contributed by atoms with Crippen LogP contribution >= 0.6 is 0 Å². The number of piperidine rings is 2. The number of fused-ring (bicyclic) bond motifs is 5. The number of para-hydroxylation sites is 2. The second kappa shape index (κ2) is 9.57. The number of likely N-dealkylation sites (tertiary alicyclic amines) is 1. The van der Waals surface area contributed by atoms with Gasteiger partial charge in [-0.2, -0.15) is 0 Å². The van der Waals surface area contributed by atoms with E-state index in [-0.39, 0.29) is 6.04 Å². The molecule has 5 fully saturated rings. The quantitative estimate of drug-likeness (QED) is 0.616. The molecule has 2 aliphatic carbocycles. The van der Waals surface area contributed by atoms with Crippen LogP contribution in [-0.4, -0.2) is 74.8 Å². The summed E-state index contributed by atoms with van der Waals surface area (Å²) in [5.74, 6) is 1.54. The van der Waals surface area contributed by atoms with Gasteiger partial charge in [-0.1, -0.05) is 44.2 Å². The van der Waals surface area contributed by atoms with E-state index in [0.717, 1.165) is 42.1 Å². The van der Waals surface area contributed by atoms with Crippen molar-refractivity contribution in [3.05, 3.63) is 24.3 Å². The van der Waals surface area contributed by atoms with E-state index in [4.69, 9.17) is 4.99 Å². The van der Waals surface area contributed by atoms with Gasteiger partial charge in [-0.3, -0.25) is 4.90 Å². The number of nitrogens with zero attached hydrogens (tertiary/aromatic N) is 4. The Morgan fingerprint density at radius 1 is 0.811 bits per heavy atom. The van der Waals surface area contributed by atoms with Crippen LogP contribution in [0, 0.1) is 11.8 Å². The van der Waals surface area contributed by atoms with E-state index < -0.39 is 18.2 Å². The predicted octanol–water partition coefficient (Wildman–Crippen LogP) is 4.76. The molecule has 3 saturated heterocycles. The molecular weight excluding hydrogens is 464 g/mol. The first-order valence-corrected chi connectivity index (χ1v) is 15.0. The summed E-state index contributed by atoms with van der Waals surface area (Å²) in [7, 11) is 0. The Morgan fingerprint density at radius 2 is 1.51 bits per heavy atom. The Morgan fingerprint density at radius 3 is 2.16 bits per heavy atom. The minimum Gasteiger partial charge on any atom is -0.480 e. The van der Waals surface area contributed by atoms with Crippen molar-refractivity contribution in [1.82, 2.24) is 9.80 Å². The van der Waals surface area contributed by atoms with Crippen LogP contribution in [0.25, 0.3) is 0 Å². The van der Waals surface area contributed by atoms with Crippen LogP contribution in [-0.2, 0) is 4.79 Å². The van der Waals surface area contributed by atoms with Crippen LogP contribution in [0.2, 0.25) is 0 Å². The van der Waals surface area contributed by atoms with E-state index in [1.807, 2.05) is 18.2 Å². The Bertz CT molecular complexity index is 1030. The van der Waals surface area contributed by atoms with Crippen molar-refractivity contribution in [3.8, 4) is 0 Å². The number of hydrogen-bond donors (Lipinski definition) is 2. The van der Waals surface area contributed by atoms with Gasteiger partial charge in [0.05, 0.1) is 11.4 Å². The largest absolute Gasteiger partial charge is 0.480 e. The maximum Gasteiger partial charge on any atom is 0.326 e. The Hall–Kier alpha value is -2.12. The summed E-state index contributed by atoms with van der Waals surface area (Å²) in [6.07, 6.45) is 15.7. The number of benzene rings is 1. The number of carbonyl (C=O) groups is 1. The van der Waals surface area contributed by atoms with Crippen LogP contribution in [0.4, 0.5) is 11.4 Å². The number of rotatable bonds is 3. The molecule has 1 aromatic rings. The minimum absolute atomic E-state index is 0.239. The Labute approximate surface area is 220 Å². The third-order valence-electron chi connectivity index (χ3n) is 10.7. The molecule has 4 aliphatic heterocycles. The van der Waals surface area contributed by atoms with Gasteiger partial charge in [0.2, 0.25) is 0 Å². The maximum absolute atomic E-state index is 11.8. The zero-order chi connectivity index (χ0) is 25.1. The van der Waals surface area contributed by atoms with Gasteiger partial charge in [-0.25, -0.2) is 9.79 Å². The number of carboxylic acid groups (broad SMARTS) is 1. The summed E-state index contributed by atoms with van der Waals surface area (Å²) < 4.78 is 0. The molecule has 6 aliphatic rings. The molecule has 2 N–H and O–H groups in total. The summed E-state index contributed by atoms with van der Waals surface area (Å²) >= 11 is 0. The van der Waals surface area contributed by atoms with Crippen molar-refractivity contribution in [2.24, 2.45) is 16.8 Å². The van der Waals surface area contributed by atoms with Crippen LogP contribution in [0.1, 0.15) is 83.5 Å². The molecule has 7 heteroatoms. The first-order chi connectivity index (χ1) is 18.1. The van der Waals surface area contributed by atoms with Crippen LogP contribution in [0.15, 0.2) is 29.3 Å². The van der Waals surface area contributed by atoms with E-state index in [1.165, 1.54) is 64.2 Å². The van der Waals surface area contributed by atoms with E-state index in [1.54, 1.807) is 4.90 Å². The molecule has 4 heterocycles. The topological polar surface area (TPSA) is 79.6 Å². The lowest BCUT2D eigenvalue weighted by Crippen LogP contribution is -2.66. The molecule has 6 unspecified atom stereocenters. The fourth-order valence-corrected chi connectivity index (χ4v) is 9.06. The highest BCUT2D eigenvalue weighted by Crippen LogP contribution is 2.47. The highest BCUT2D eigenvalue weighted by Gasteiger charge is 2.49. The molecule has 0 aromatic heterocycles. The van der Waals surface area contributed by atoms with Crippen molar-refractivity contribution in [2.45, 2.75) is 120 Å². The van der Waals surface area contributed by atoms with Gasteiger partial charge in [0.25, 0.3) is 0 Å². The zero-order valence-electron chi connectivity index (χ0n) is 21.9. The highest BCUT2D eigenvalue weighted by molar-refractivity contribution is 5.99. The monoisotopic (exact) mass is 506 g/mol. The average molecular weight is 507 g/mol. The molecule has 4 bridgehead atoms. The van der Waals surface area contributed by atoms with Crippen molar-refractivity contribution >= 4 is 23.2 Å². The molecule has 2 saturated carbocycles. The fourth-order valence-electron chi connectivity index (χ4n) is 9.06. The van der Waals surface area contributed by atoms with Crippen molar-refractivity contribution < 1.29 is 15.0 Å². The van der Waals surface area contributed by atoms with Gasteiger partial charge in [0.15, 0.2) is 12.1 Å². The lowest BCUT2D eigenvalue weighted by atomic mass is 9.73. The summed E-state index contributed by atoms with van der Waals surface area (Å²) in [5, 5.41) is 21.4. The number of hydrogen-bond acceptors (Lipinski definition) is 6. The second-order valence-corrected chi connectivity index (χ2v) is 12.8. The van der Waals surface area contributed by atoms with Gasteiger partial charge in [0, 0.05) is 30.7 Å². The third kappa shape index (κ3) is 4.17. The van der Waals surface area contributed by atoms with E-state index in [0.29, 0.717) is 30.9 Å². The lowest BCUT2D eigenvalue weighted by Gasteiger charge is -2.57. The summed E-state index contributed by atoms with van der Waals surface area (Å²) in [6, 6.07) is 9.66. The van der Waals surface area contributed by atoms with Gasteiger partial charge in [0.1, 0.15) is 6.04 Å². The van der Waals surface area contributed by atoms with Gasteiger partial charge in [-0.15, -0.1) is 0 Å². The van der Waals surface area contributed by atoms with Crippen LogP contribution in [0.3, 0.4) is 0 Å². The maximum atomic E-state index is 11.8. The smallest absolute Gasteiger partial charge is 0.326 e. The van der Waals surface area contributed by atoms with Crippen LogP contribution < -0.4 is 4.90 Å². The molecule has 0 amide bonds. The summed E-state index contributed by atoms with van der Waals surface area (Å²) in [5.41, 5.74) is 1.84. The third-order valence-corrected chi connectivity index (χ3v) is 10.7. The Kier molecular flexibility index (Phi) is 6.19. The molecule has 0 spiro atoms. The van der Waals surface area contributed by atoms with Crippen LogP contribution in [0.5, 0.6) is 0 Å². The number of amidine groups is 1. The molecule has 7 rings (SSSR count). The van der Waals surface area contributed by atoms with Gasteiger partial charge in [-0.05, 0) is 75.3 Å². The minimum atomic E-state index is -0.896.